The molecule has 1 aromatic heterocycles. The van der Waals surface area contributed by atoms with E-state index in [2.05, 4.69) is 25.4 Å². The summed E-state index contributed by atoms with van der Waals surface area (Å²) in [6.45, 7) is 2.26. The number of aryl methyl sites for hydroxylation is 1. The van der Waals surface area contributed by atoms with E-state index in [9.17, 15) is 0 Å². The molecule has 0 aromatic carbocycles. The summed E-state index contributed by atoms with van der Waals surface area (Å²) in [7, 11) is 2.06. The van der Waals surface area contributed by atoms with Gasteiger partial charge in [0.1, 0.15) is 5.76 Å². The highest BCUT2D eigenvalue weighted by Gasteiger charge is 2.06. The fraction of sp³-hybridized carbons (Fsp3) is 0.714. The van der Waals surface area contributed by atoms with Gasteiger partial charge in [0.2, 0.25) is 0 Å². The van der Waals surface area contributed by atoms with E-state index in [1.807, 2.05) is 6.07 Å². The smallest absolute Gasteiger partial charge is 0.103 e. The van der Waals surface area contributed by atoms with Crippen molar-refractivity contribution in [3.8, 4) is 0 Å². The van der Waals surface area contributed by atoms with Gasteiger partial charge in [-0.3, -0.25) is 0 Å². The Kier molecular flexibility index (Phi) is 6.98. The predicted molar refractivity (Wildman–Crippen MR) is 68.6 cm³/mol. The van der Waals surface area contributed by atoms with Gasteiger partial charge in [-0.15, -0.1) is 0 Å². The number of unbranched alkanes of at least 4 members (excludes halogenated alkanes) is 3. The van der Waals surface area contributed by atoms with Crippen molar-refractivity contribution in [3.05, 3.63) is 24.2 Å². The summed E-state index contributed by atoms with van der Waals surface area (Å²) in [4.78, 5) is 0. The Morgan fingerprint density at radius 2 is 2.12 bits per heavy atom. The summed E-state index contributed by atoms with van der Waals surface area (Å²) in [5.74, 6) is 1.11. The minimum Gasteiger partial charge on any atom is -0.469 e. The number of hydrogen-bond acceptors (Lipinski definition) is 2. The van der Waals surface area contributed by atoms with Crippen molar-refractivity contribution < 1.29 is 4.42 Å². The minimum atomic E-state index is 0.641. The van der Waals surface area contributed by atoms with E-state index in [1.165, 1.54) is 38.5 Å². The van der Waals surface area contributed by atoms with Crippen molar-refractivity contribution >= 4 is 0 Å². The molecule has 1 heterocycles. The van der Waals surface area contributed by atoms with E-state index in [4.69, 9.17) is 4.42 Å². The lowest BCUT2D eigenvalue weighted by Crippen LogP contribution is -2.25. The van der Waals surface area contributed by atoms with Gasteiger partial charge in [-0.2, -0.15) is 0 Å². The van der Waals surface area contributed by atoms with E-state index >= 15 is 0 Å². The van der Waals surface area contributed by atoms with Crippen LogP contribution in [-0.4, -0.2) is 13.1 Å². The average molecular weight is 223 g/mol. The third-order valence-electron chi connectivity index (χ3n) is 3.13. The van der Waals surface area contributed by atoms with Gasteiger partial charge in [-0.25, -0.2) is 0 Å². The van der Waals surface area contributed by atoms with Crippen molar-refractivity contribution in [2.24, 2.45) is 0 Å². The van der Waals surface area contributed by atoms with Crippen molar-refractivity contribution in [1.82, 2.24) is 5.32 Å². The lowest BCUT2D eigenvalue weighted by Gasteiger charge is -2.15. The Hall–Kier alpha value is -0.760. The number of nitrogens with one attached hydrogen (secondary N) is 1. The predicted octanol–water partition coefficient (Wildman–Crippen LogP) is 3.77. The standard InChI is InChI=1S/C14H25NO/c1-3-4-5-6-8-13(15-2)10-11-14-9-7-12-16-14/h7,9,12-13,15H,3-6,8,10-11H2,1-2H3. The van der Waals surface area contributed by atoms with Gasteiger partial charge in [0.15, 0.2) is 0 Å². The second-order valence-electron chi connectivity index (χ2n) is 4.45. The first-order chi connectivity index (χ1) is 7.86. The number of furan rings is 1. The van der Waals surface area contributed by atoms with Gasteiger partial charge in [0, 0.05) is 12.5 Å². The third kappa shape index (κ3) is 5.36. The van der Waals surface area contributed by atoms with E-state index in [0.29, 0.717) is 6.04 Å². The quantitative estimate of drug-likeness (QED) is 0.645. The Balaban J connectivity index is 2.11. The molecule has 0 aliphatic rings. The molecule has 1 rings (SSSR count). The zero-order valence-electron chi connectivity index (χ0n) is 10.7. The van der Waals surface area contributed by atoms with Gasteiger partial charge in [-0.1, -0.05) is 32.6 Å². The van der Waals surface area contributed by atoms with E-state index in [0.717, 1.165) is 12.2 Å². The summed E-state index contributed by atoms with van der Waals surface area (Å²) in [5.41, 5.74) is 0. The molecule has 0 radical (unpaired) electrons. The Bertz CT molecular complexity index is 243. The van der Waals surface area contributed by atoms with Crippen LogP contribution in [0.1, 0.15) is 51.2 Å². The van der Waals surface area contributed by atoms with Crippen LogP contribution in [0.2, 0.25) is 0 Å². The summed E-state index contributed by atoms with van der Waals surface area (Å²) in [5, 5.41) is 3.40. The number of rotatable bonds is 9. The molecule has 0 aliphatic carbocycles. The first-order valence-electron chi connectivity index (χ1n) is 6.56. The molecule has 16 heavy (non-hydrogen) atoms. The van der Waals surface area contributed by atoms with Gasteiger partial charge in [0.25, 0.3) is 0 Å². The first kappa shape index (κ1) is 13.3. The molecule has 92 valence electrons. The maximum absolute atomic E-state index is 5.34. The van der Waals surface area contributed by atoms with Gasteiger partial charge in [-0.05, 0) is 32.0 Å². The summed E-state index contributed by atoms with van der Waals surface area (Å²) >= 11 is 0. The van der Waals surface area contributed by atoms with Crippen LogP contribution in [0.15, 0.2) is 22.8 Å². The highest BCUT2D eigenvalue weighted by Crippen LogP contribution is 2.11. The Morgan fingerprint density at radius 1 is 1.25 bits per heavy atom. The van der Waals surface area contributed by atoms with Gasteiger partial charge >= 0.3 is 0 Å². The molecular weight excluding hydrogens is 198 g/mol. The Morgan fingerprint density at radius 3 is 2.75 bits per heavy atom. The highest BCUT2D eigenvalue weighted by atomic mass is 16.3. The zero-order chi connectivity index (χ0) is 11.6. The molecule has 0 aliphatic heterocycles. The molecule has 2 nitrogen and oxygen atoms in total. The summed E-state index contributed by atoms with van der Waals surface area (Å²) < 4.78 is 5.34. The van der Waals surface area contributed by atoms with Crippen molar-refractivity contribution in [2.45, 2.75) is 57.9 Å². The van der Waals surface area contributed by atoms with E-state index in [-0.39, 0.29) is 0 Å². The molecule has 0 amide bonds. The van der Waals surface area contributed by atoms with Crippen molar-refractivity contribution in [3.63, 3.8) is 0 Å². The van der Waals surface area contributed by atoms with E-state index in [1.54, 1.807) is 6.26 Å². The molecule has 0 saturated heterocycles. The topological polar surface area (TPSA) is 25.2 Å². The normalized spacial score (nSPS) is 12.9. The van der Waals surface area contributed by atoms with Crippen LogP contribution in [0.4, 0.5) is 0 Å². The van der Waals surface area contributed by atoms with Crippen LogP contribution in [-0.2, 0) is 6.42 Å². The molecule has 0 saturated carbocycles. The SMILES string of the molecule is CCCCCCC(CCc1ccco1)NC. The van der Waals surface area contributed by atoms with Crippen LogP contribution < -0.4 is 5.32 Å². The lowest BCUT2D eigenvalue weighted by atomic mass is 10.0. The van der Waals surface area contributed by atoms with Gasteiger partial charge < -0.3 is 9.73 Å². The highest BCUT2D eigenvalue weighted by molar-refractivity contribution is 4.98. The van der Waals surface area contributed by atoms with Crippen molar-refractivity contribution in [2.75, 3.05) is 7.05 Å². The molecule has 1 aromatic rings. The second kappa shape index (κ2) is 8.40. The molecule has 2 heteroatoms. The average Bonchev–Trinajstić information content (AvgIpc) is 2.81. The first-order valence-corrected chi connectivity index (χ1v) is 6.56. The monoisotopic (exact) mass is 223 g/mol. The van der Waals surface area contributed by atoms with Crippen LogP contribution in [0.3, 0.4) is 0 Å². The minimum absolute atomic E-state index is 0.641. The van der Waals surface area contributed by atoms with Crippen molar-refractivity contribution in [1.29, 1.82) is 0 Å². The largest absolute Gasteiger partial charge is 0.469 e. The third-order valence-corrected chi connectivity index (χ3v) is 3.13. The molecule has 1 unspecified atom stereocenters. The molecule has 0 fully saturated rings. The summed E-state index contributed by atoms with van der Waals surface area (Å²) in [6.07, 6.45) is 10.7. The Labute approximate surface area is 99.4 Å². The molecular formula is C14H25NO. The fourth-order valence-electron chi connectivity index (χ4n) is 2.02. The van der Waals surface area contributed by atoms with Crippen LogP contribution in [0.25, 0.3) is 0 Å². The maximum Gasteiger partial charge on any atom is 0.103 e. The second-order valence-corrected chi connectivity index (χ2v) is 4.45. The maximum atomic E-state index is 5.34. The van der Waals surface area contributed by atoms with Crippen LogP contribution in [0, 0.1) is 0 Å². The summed E-state index contributed by atoms with van der Waals surface area (Å²) in [6, 6.07) is 4.66. The molecule has 0 bridgehead atoms. The lowest BCUT2D eigenvalue weighted by molar-refractivity contribution is 0.432. The zero-order valence-corrected chi connectivity index (χ0v) is 10.7. The van der Waals surface area contributed by atoms with Crippen LogP contribution in [0.5, 0.6) is 0 Å². The molecule has 0 spiro atoms. The van der Waals surface area contributed by atoms with E-state index < -0.39 is 0 Å². The number of hydrogen-bond donors (Lipinski definition) is 1. The fourth-order valence-corrected chi connectivity index (χ4v) is 2.02. The van der Waals surface area contributed by atoms with Gasteiger partial charge in [0.05, 0.1) is 6.26 Å². The van der Waals surface area contributed by atoms with Crippen LogP contribution >= 0.6 is 0 Å². The molecule has 1 N–H and O–H groups in total. The molecule has 1 atom stereocenters.